The van der Waals surface area contributed by atoms with Gasteiger partial charge in [0.1, 0.15) is 6.20 Å². The topological polar surface area (TPSA) is 116 Å². The van der Waals surface area contributed by atoms with E-state index in [4.69, 9.17) is 5.11 Å². The van der Waals surface area contributed by atoms with E-state index in [1.807, 2.05) is 6.92 Å². The fraction of sp³-hybridized carbons (Fsp3) is 0.364. The third-order valence-corrected chi connectivity index (χ3v) is 3.87. The lowest BCUT2D eigenvalue weighted by molar-refractivity contribution is -0.385. The van der Waals surface area contributed by atoms with Crippen molar-refractivity contribution in [2.24, 2.45) is 7.05 Å². The molecule has 2 heterocycles. The molecule has 2 aromatic rings. The van der Waals surface area contributed by atoms with Gasteiger partial charge in [0.25, 0.3) is 0 Å². The van der Waals surface area contributed by atoms with E-state index in [2.05, 4.69) is 26.1 Å². The Hall–Kier alpha value is -2.23. The molecule has 0 amide bonds. The van der Waals surface area contributed by atoms with E-state index >= 15 is 0 Å². The molecule has 0 fully saturated rings. The minimum absolute atomic E-state index is 0.179. The second-order valence-corrected chi connectivity index (χ2v) is 5.10. The summed E-state index contributed by atoms with van der Waals surface area (Å²) in [6.07, 6.45) is 1.84. The van der Waals surface area contributed by atoms with Crippen molar-refractivity contribution in [1.29, 1.82) is 0 Å². The van der Waals surface area contributed by atoms with Crippen LogP contribution in [0.5, 0.6) is 0 Å². The monoisotopic (exact) mass is 357 g/mol. The van der Waals surface area contributed by atoms with Gasteiger partial charge >= 0.3 is 11.7 Å². The smallest absolute Gasteiger partial charge is 0.363 e. The highest BCUT2D eigenvalue weighted by Gasteiger charge is 2.26. The van der Waals surface area contributed by atoms with Crippen LogP contribution in [0.3, 0.4) is 0 Å². The summed E-state index contributed by atoms with van der Waals surface area (Å²) in [7, 11) is 1.75. The summed E-state index contributed by atoms with van der Waals surface area (Å²) in [5.74, 6) is -1.43. The van der Waals surface area contributed by atoms with E-state index in [0.29, 0.717) is 0 Å². The molecule has 0 saturated heterocycles. The van der Waals surface area contributed by atoms with Crippen LogP contribution < -0.4 is 0 Å². The Morgan fingerprint density at radius 2 is 2.19 bits per heavy atom. The number of nitro groups is 1. The zero-order chi connectivity index (χ0) is 15.7. The highest BCUT2D eigenvalue weighted by Crippen LogP contribution is 2.23. The molecule has 0 spiro atoms. The molecule has 0 aliphatic heterocycles. The number of rotatable bonds is 5. The molecule has 0 aromatic carbocycles. The maximum absolute atomic E-state index is 11.0. The van der Waals surface area contributed by atoms with Crippen LogP contribution in [0.4, 0.5) is 5.69 Å². The largest absolute Gasteiger partial charge is 0.476 e. The van der Waals surface area contributed by atoms with Crippen LogP contribution in [-0.2, 0) is 20.0 Å². The molecule has 10 heteroatoms. The minimum Gasteiger partial charge on any atom is -0.476 e. The number of hydrogen-bond acceptors (Lipinski definition) is 5. The second-order valence-electron chi connectivity index (χ2n) is 4.31. The Balaban J connectivity index is 2.41. The van der Waals surface area contributed by atoms with E-state index in [-0.39, 0.29) is 6.54 Å². The van der Waals surface area contributed by atoms with Crippen LogP contribution in [0.25, 0.3) is 0 Å². The standard InChI is InChI=1S/C11H12BrN5O4/c1-3-6-9(12)7(15(2)13-6)4-16-5-8(17(20)21)10(14-16)11(18)19/h5H,3-4H2,1-2H3,(H,18,19). The summed E-state index contributed by atoms with van der Waals surface area (Å²) in [5, 5.41) is 27.8. The summed E-state index contributed by atoms with van der Waals surface area (Å²) in [6, 6.07) is 0. The Morgan fingerprint density at radius 3 is 2.62 bits per heavy atom. The number of hydrogen-bond donors (Lipinski definition) is 1. The summed E-state index contributed by atoms with van der Waals surface area (Å²) in [5.41, 5.74) is 0.499. The number of carbonyl (C=O) groups is 1. The van der Waals surface area contributed by atoms with Crippen molar-refractivity contribution in [2.75, 3.05) is 0 Å². The van der Waals surface area contributed by atoms with Gasteiger partial charge in [-0.2, -0.15) is 10.2 Å². The molecule has 0 bridgehead atoms. The van der Waals surface area contributed by atoms with Gasteiger partial charge in [-0.25, -0.2) is 4.79 Å². The first-order valence-electron chi connectivity index (χ1n) is 6.00. The number of halogens is 1. The van der Waals surface area contributed by atoms with Gasteiger partial charge < -0.3 is 5.11 Å². The van der Waals surface area contributed by atoms with Crippen molar-refractivity contribution >= 4 is 27.6 Å². The van der Waals surface area contributed by atoms with E-state index in [9.17, 15) is 14.9 Å². The van der Waals surface area contributed by atoms with Gasteiger partial charge in [-0.3, -0.25) is 19.5 Å². The molecule has 0 aliphatic rings. The van der Waals surface area contributed by atoms with Gasteiger partial charge in [-0.1, -0.05) is 6.92 Å². The Bertz CT molecular complexity index is 689. The third kappa shape index (κ3) is 2.79. The first kappa shape index (κ1) is 15.2. The molecule has 0 aliphatic carbocycles. The molecule has 2 aromatic heterocycles. The zero-order valence-corrected chi connectivity index (χ0v) is 12.9. The maximum Gasteiger partial charge on any atom is 0.363 e. The molecule has 0 saturated carbocycles. The first-order chi connectivity index (χ1) is 9.85. The van der Waals surface area contributed by atoms with Crippen molar-refractivity contribution in [3.63, 3.8) is 0 Å². The lowest BCUT2D eigenvalue weighted by Gasteiger charge is -2.02. The van der Waals surface area contributed by atoms with Crippen molar-refractivity contribution < 1.29 is 14.8 Å². The summed E-state index contributed by atoms with van der Waals surface area (Å²) in [4.78, 5) is 21.0. The van der Waals surface area contributed by atoms with Crippen LogP contribution in [0.1, 0.15) is 28.8 Å². The van der Waals surface area contributed by atoms with E-state index in [1.165, 1.54) is 4.68 Å². The average Bonchev–Trinajstić information content (AvgIpc) is 2.95. The lowest BCUT2D eigenvalue weighted by atomic mass is 10.3. The molecule has 0 atom stereocenters. The van der Waals surface area contributed by atoms with Gasteiger partial charge in [0.2, 0.25) is 5.69 Å². The summed E-state index contributed by atoms with van der Waals surface area (Å²) < 4.78 is 3.65. The zero-order valence-electron chi connectivity index (χ0n) is 11.3. The Kier molecular flexibility index (Phi) is 4.07. The van der Waals surface area contributed by atoms with Crippen molar-refractivity contribution in [3.05, 3.63) is 37.9 Å². The predicted octanol–water partition coefficient (Wildman–Crippen LogP) is 1.60. The fourth-order valence-electron chi connectivity index (χ4n) is 1.92. The number of aromatic nitrogens is 4. The predicted molar refractivity (Wildman–Crippen MR) is 75.2 cm³/mol. The highest BCUT2D eigenvalue weighted by molar-refractivity contribution is 9.10. The first-order valence-corrected chi connectivity index (χ1v) is 6.79. The number of carboxylic acids is 1. The van der Waals surface area contributed by atoms with Crippen LogP contribution in [0, 0.1) is 10.1 Å². The number of nitrogens with zero attached hydrogens (tertiary/aromatic N) is 5. The van der Waals surface area contributed by atoms with Crippen LogP contribution in [-0.4, -0.2) is 35.6 Å². The average molecular weight is 358 g/mol. The van der Waals surface area contributed by atoms with Crippen molar-refractivity contribution in [2.45, 2.75) is 19.9 Å². The van der Waals surface area contributed by atoms with E-state index in [0.717, 1.165) is 28.5 Å². The highest BCUT2D eigenvalue weighted by atomic mass is 79.9. The molecule has 0 unspecified atom stereocenters. The molecule has 2 rings (SSSR count). The van der Waals surface area contributed by atoms with E-state index in [1.54, 1.807) is 11.7 Å². The van der Waals surface area contributed by atoms with Crippen LogP contribution in [0.2, 0.25) is 0 Å². The number of aromatic carboxylic acids is 1. The molecular weight excluding hydrogens is 346 g/mol. The Morgan fingerprint density at radius 1 is 1.52 bits per heavy atom. The number of aryl methyl sites for hydroxylation is 2. The third-order valence-electron chi connectivity index (χ3n) is 2.96. The molecule has 21 heavy (non-hydrogen) atoms. The summed E-state index contributed by atoms with van der Waals surface area (Å²) in [6.45, 7) is 2.14. The molecule has 112 valence electrons. The quantitative estimate of drug-likeness (QED) is 0.641. The SMILES string of the molecule is CCc1nn(C)c(Cn2cc([N+](=O)[O-])c(C(=O)O)n2)c1Br. The second kappa shape index (κ2) is 5.64. The van der Waals surface area contributed by atoms with Gasteiger partial charge in [-0.15, -0.1) is 0 Å². The maximum atomic E-state index is 11.0. The van der Waals surface area contributed by atoms with Gasteiger partial charge in [0.15, 0.2) is 0 Å². The molecule has 1 N–H and O–H groups in total. The minimum atomic E-state index is -1.43. The van der Waals surface area contributed by atoms with Gasteiger partial charge in [-0.05, 0) is 22.4 Å². The Labute approximate surface area is 127 Å². The van der Waals surface area contributed by atoms with Crippen LogP contribution in [0.15, 0.2) is 10.7 Å². The summed E-state index contributed by atoms with van der Waals surface area (Å²) >= 11 is 3.43. The molecular formula is C11H12BrN5O4. The number of carboxylic acid groups (broad SMARTS) is 1. The van der Waals surface area contributed by atoms with E-state index < -0.39 is 22.3 Å². The van der Waals surface area contributed by atoms with Crippen molar-refractivity contribution in [1.82, 2.24) is 19.6 Å². The van der Waals surface area contributed by atoms with Crippen molar-refractivity contribution in [3.8, 4) is 0 Å². The van der Waals surface area contributed by atoms with Gasteiger partial charge in [0, 0.05) is 7.05 Å². The van der Waals surface area contributed by atoms with Crippen LogP contribution >= 0.6 is 15.9 Å². The molecule has 9 nitrogen and oxygen atoms in total. The lowest BCUT2D eigenvalue weighted by Crippen LogP contribution is -2.08. The fourth-order valence-corrected chi connectivity index (χ4v) is 2.66. The normalized spacial score (nSPS) is 10.8. The van der Waals surface area contributed by atoms with Gasteiger partial charge in [0.05, 0.1) is 27.3 Å². The molecule has 0 radical (unpaired) electrons.